The first kappa shape index (κ1) is 11.7. The molecular formula is C12H17NO2. The normalized spacial score (nSPS) is 12.2. The van der Waals surface area contributed by atoms with Gasteiger partial charge in [0.25, 0.3) is 0 Å². The molecule has 1 rings (SSSR count). The molecule has 0 aromatic heterocycles. The van der Waals surface area contributed by atoms with Crippen molar-refractivity contribution >= 4 is 11.6 Å². The molecule has 0 bridgehead atoms. The van der Waals surface area contributed by atoms with Crippen LogP contribution in [0.5, 0.6) is 0 Å². The van der Waals surface area contributed by atoms with Crippen LogP contribution in [-0.2, 0) is 4.79 Å². The molecule has 1 atom stereocenters. The molecule has 0 saturated heterocycles. The summed E-state index contributed by atoms with van der Waals surface area (Å²) in [6.07, 6.45) is 0.764. The van der Waals surface area contributed by atoms with Crippen LogP contribution >= 0.6 is 0 Å². The summed E-state index contributed by atoms with van der Waals surface area (Å²) in [6.45, 7) is 3.64. The average Bonchev–Trinajstić information content (AvgIpc) is 2.18. The number of aliphatic hydroxyl groups excluding tert-OH is 1. The van der Waals surface area contributed by atoms with Gasteiger partial charge in [0.05, 0.1) is 6.10 Å². The summed E-state index contributed by atoms with van der Waals surface area (Å²) in [6, 6.07) is 7.30. The van der Waals surface area contributed by atoms with Gasteiger partial charge in [-0.2, -0.15) is 0 Å². The number of hydrogen-bond donors (Lipinski definition) is 2. The first-order valence-electron chi connectivity index (χ1n) is 5.22. The van der Waals surface area contributed by atoms with Crippen molar-refractivity contribution in [1.29, 1.82) is 0 Å². The van der Waals surface area contributed by atoms with Gasteiger partial charge in [-0.25, -0.2) is 0 Å². The Morgan fingerprint density at radius 2 is 2.13 bits per heavy atom. The summed E-state index contributed by atoms with van der Waals surface area (Å²) in [5, 5.41) is 12.3. The molecule has 0 aliphatic rings. The van der Waals surface area contributed by atoms with Gasteiger partial charge in [-0.15, -0.1) is 0 Å². The maximum absolute atomic E-state index is 11.4. The lowest BCUT2D eigenvalue weighted by Crippen LogP contribution is -2.12. The molecule has 0 fully saturated rings. The number of para-hydroxylation sites is 1. The average molecular weight is 207 g/mol. The van der Waals surface area contributed by atoms with Crippen LogP contribution in [0.2, 0.25) is 0 Å². The molecule has 82 valence electrons. The van der Waals surface area contributed by atoms with Gasteiger partial charge >= 0.3 is 0 Å². The van der Waals surface area contributed by atoms with Crippen LogP contribution in [0.1, 0.15) is 38.4 Å². The van der Waals surface area contributed by atoms with E-state index in [-0.39, 0.29) is 5.91 Å². The summed E-state index contributed by atoms with van der Waals surface area (Å²) < 4.78 is 0. The third-order valence-corrected chi connectivity index (χ3v) is 2.16. The van der Waals surface area contributed by atoms with Crippen LogP contribution in [-0.4, -0.2) is 11.0 Å². The molecule has 0 saturated carbocycles. The van der Waals surface area contributed by atoms with Crippen molar-refractivity contribution in [3.05, 3.63) is 29.8 Å². The van der Waals surface area contributed by atoms with Gasteiger partial charge in [-0.1, -0.05) is 25.1 Å². The van der Waals surface area contributed by atoms with Gasteiger partial charge in [-0.3, -0.25) is 4.79 Å². The standard InChI is InChI=1S/C12H17NO2/c1-3-6-12(15)13-11-8-5-4-7-10(11)9(2)14/h4-5,7-9,14H,3,6H2,1-2H3,(H,13,15). The van der Waals surface area contributed by atoms with Gasteiger partial charge in [-0.05, 0) is 19.4 Å². The Hall–Kier alpha value is -1.35. The van der Waals surface area contributed by atoms with Crippen molar-refractivity contribution in [2.75, 3.05) is 5.32 Å². The van der Waals surface area contributed by atoms with Gasteiger partial charge in [0, 0.05) is 17.7 Å². The Labute approximate surface area is 90.1 Å². The van der Waals surface area contributed by atoms with Crippen molar-refractivity contribution in [2.45, 2.75) is 32.8 Å². The summed E-state index contributed by atoms with van der Waals surface area (Å²) in [5.41, 5.74) is 1.45. The van der Waals surface area contributed by atoms with E-state index in [0.717, 1.165) is 12.0 Å². The van der Waals surface area contributed by atoms with E-state index in [1.165, 1.54) is 0 Å². The van der Waals surface area contributed by atoms with E-state index in [0.29, 0.717) is 12.1 Å². The maximum Gasteiger partial charge on any atom is 0.224 e. The number of amides is 1. The molecule has 1 aromatic carbocycles. The highest BCUT2D eigenvalue weighted by Gasteiger charge is 2.08. The largest absolute Gasteiger partial charge is 0.389 e. The minimum atomic E-state index is -0.567. The number of anilines is 1. The van der Waals surface area contributed by atoms with Crippen LogP contribution < -0.4 is 5.32 Å². The molecule has 0 spiro atoms. The fraction of sp³-hybridized carbons (Fsp3) is 0.417. The van der Waals surface area contributed by atoms with Gasteiger partial charge in [0.15, 0.2) is 0 Å². The lowest BCUT2D eigenvalue weighted by Gasteiger charge is -2.12. The maximum atomic E-state index is 11.4. The zero-order valence-corrected chi connectivity index (χ0v) is 9.16. The predicted molar refractivity (Wildman–Crippen MR) is 60.6 cm³/mol. The van der Waals surface area contributed by atoms with Crippen molar-refractivity contribution < 1.29 is 9.90 Å². The van der Waals surface area contributed by atoms with Gasteiger partial charge < -0.3 is 10.4 Å². The lowest BCUT2D eigenvalue weighted by atomic mass is 10.1. The summed E-state index contributed by atoms with van der Waals surface area (Å²) in [5.74, 6) is -0.00870. The van der Waals surface area contributed by atoms with E-state index < -0.39 is 6.10 Å². The van der Waals surface area contributed by atoms with E-state index in [2.05, 4.69) is 5.32 Å². The Bertz CT molecular complexity index is 334. The smallest absolute Gasteiger partial charge is 0.224 e. The molecule has 0 aliphatic carbocycles. The summed E-state index contributed by atoms with van der Waals surface area (Å²) in [7, 11) is 0. The number of aliphatic hydroxyl groups is 1. The number of rotatable bonds is 4. The van der Waals surface area contributed by atoms with E-state index in [1.807, 2.05) is 25.1 Å². The Morgan fingerprint density at radius 3 is 2.73 bits per heavy atom. The highest BCUT2D eigenvalue weighted by Crippen LogP contribution is 2.22. The van der Waals surface area contributed by atoms with E-state index in [1.54, 1.807) is 13.0 Å². The Kier molecular flexibility index (Phi) is 4.31. The molecule has 0 radical (unpaired) electrons. The minimum absolute atomic E-state index is 0.00870. The topological polar surface area (TPSA) is 49.3 Å². The molecule has 3 nitrogen and oxygen atoms in total. The van der Waals surface area contributed by atoms with Crippen LogP contribution in [0.3, 0.4) is 0 Å². The van der Waals surface area contributed by atoms with E-state index >= 15 is 0 Å². The second-order valence-electron chi connectivity index (χ2n) is 3.56. The predicted octanol–water partition coefficient (Wildman–Crippen LogP) is 2.48. The number of benzene rings is 1. The molecule has 1 amide bonds. The Balaban J connectivity index is 2.80. The zero-order valence-electron chi connectivity index (χ0n) is 9.16. The quantitative estimate of drug-likeness (QED) is 0.796. The molecule has 15 heavy (non-hydrogen) atoms. The highest BCUT2D eigenvalue weighted by atomic mass is 16.3. The van der Waals surface area contributed by atoms with Crippen molar-refractivity contribution in [2.24, 2.45) is 0 Å². The summed E-state index contributed by atoms with van der Waals surface area (Å²) >= 11 is 0. The van der Waals surface area contributed by atoms with E-state index in [4.69, 9.17) is 0 Å². The minimum Gasteiger partial charge on any atom is -0.389 e. The number of hydrogen-bond acceptors (Lipinski definition) is 2. The summed E-state index contributed by atoms with van der Waals surface area (Å²) in [4.78, 5) is 11.4. The number of carbonyl (C=O) groups is 1. The second kappa shape index (κ2) is 5.51. The first-order chi connectivity index (χ1) is 7.15. The lowest BCUT2D eigenvalue weighted by molar-refractivity contribution is -0.116. The third kappa shape index (κ3) is 3.36. The van der Waals surface area contributed by atoms with Crippen LogP contribution in [0, 0.1) is 0 Å². The molecule has 0 aliphatic heterocycles. The fourth-order valence-corrected chi connectivity index (χ4v) is 1.41. The van der Waals surface area contributed by atoms with Crippen molar-refractivity contribution in [3.8, 4) is 0 Å². The second-order valence-corrected chi connectivity index (χ2v) is 3.56. The zero-order chi connectivity index (χ0) is 11.3. The number of nitrogens with one attached hydrogen (secondary N) is 1. The SMILES string of the molecule is CCCC(=O)Nc1ccccc1C(C)O. The van der Waals surface area contributed by atoms with Crippen molar-refractivity contribution in [3.63, 3.8) is 0 Å². The number of carbonyl (C=O) groups excluding carboxylic acids is 1. The van der Waals surface area contributed by atoms with Crippen LogP contribution in [0.15, 0.2) is 24.3 Å². The van der Waals surface area contributed by atoms with Gasteiger partial charge in [0.2, 0.25) is 5.91 Å². The molecule has 1 unspecified atom stereocenters. The van der Waals surface area contributed by atoms with Gasteiger partial charge in [0.1, 0.15) is 0 Å². The molecular weight excluding hydrogens is 190 g/mol. The van der Waals surface area contributed by atoms with E-state index in [9.17, 15) is 9.90 Å². The third-order valence-electron chi connectivity index (χ3n) is 2.16. The Morgan fingerprint density at radius 1 is 1.47 bits per heavy atom. The molecule has 0 heterocycles. The fourth-order valence-electron chi connectivity index (χ4n) is 1.41. The van der Waals surface area contributed by atoms with Crippen LogP contribution in [0.25, 0.3) is 0 Å². The molecule has 3 heteroatoms. The monoisotopic (exact) mass is 207 g/mol. The highest BCUT2D eigenvalue weighted by molar-refractivity contribution is 5.91. The first-order valence-corrected chi connectivity index (χ1v) is 5.22. The molecule has 2 N–H and O–H groups in total. The molecule has 1 aromatic rings. The van der Waals surface area contributed by atoms with Crippen molar-refractivity contribution in [1.82, 2.24) is 0 Å². The van der Waals surface area contributed by atoms with Crippen LogP contribution in [0.4, 0.5) is 5.69 Å².